The van der Waals surface area contributed by atoms with Crippen LogP contribution in [0.2, 0.25) is 0 Å². The molecule has 12 heteroatoms. The van der Waals surface area contributed by atoms with Crippen LogP contribution in [-0.4, -0.2) is 59.4 Å². The van der Waals surface area contributed by atoms with Crippen LogP contribution in [0.4, 0.5) is 0 Å². The lowest BCUT2D eigenvalue weighted by molar-refractivity contribution is 0.0419. The van der Waals surface area contributed by atoms with Crippen LogP contribution in [0.25, 0.3) is 0 Å². The molecule has 0 saturated heterocycles. The van der Waals surface area contributed by atoms with Gasteiger partial charge in [-0.25, -0.2) is 4.57 Å². The van der Waals surface area contributed by atoms with Gasteiger partial charge >= 0.3 is 18.2 Å². The largest absolute Gasteiger partial charge is 0.469 e. The topological polar surface area (TPSA) is 171 Å². The molecule has 0 spiro atoms. The molecule has 0 rings (SSSR count). The van der Waals surface area contributed by atoms with Crippen molar-refractivity contribution in [2.75, 3.05) is 20.3 Å². The standard InChI is InChI=1S/C3H9O6P.CH4O4S/c4-1-3(5)2-9-10(6,7)8;1-5-6(2,3)4/h3-5H,1-2H2,(H2,6,7,8);1H3,(H,2,3,4). The number of rotatable bonds is 5. The monoisotopic (exact) mass is 284 g/mol. The Morgan fingerprint density at radius 2 is 1.75 bits per heavy atom. The Morgan fingerprint density at radius 1 is 1.38 bits per heavy atom. The van der Waals surface area contributed by atoms with Crippen LogP contribution < -0.4 is 0 Å². The Labute approximate surface area is 91.6 Å². The van der Waals surface area contributed by atoms with Crippen LogP contribution in [0.1, 0.15) is 0 Å². The molecule has 0 aliphatic carbocycles. The van der Waals surface area contributed by atoms with Gasteiger partial charge in [0.05, 0.1) is 20.3 Å². The molecule has 0 fully saturated rings. The molecule has 0 amide bonds. The van der Waals surface area contributed by atoms with E-state index in [1.54, 1.807) is 0 Å². The van der Waals surface area contributed by atoms with E-state index in [1.165, 1.54) is 0 Å². The van der Waals surface area contributed by atoms with E-state index in [2.05, 4.69) is 8.71 Å². The zero-order valence-electron chi connectivity index (χ0n) is 8.12. The molecule has 0 aliphatic heterocycles. The van der Waals surface area contributed by atoms with Crippen molar-refractivity contribution in [3.05, 3.63) is 0 Å². The summed E-state index contributed by atoms with van der Waals surface area (Å²) in [4.78, 5) is 16.1. The fraction of sp³-hybridized carbons (Fsp3) is 1.00. The number of aliphatic hydroxyl groups excluding tert-OH is 2. The van der Waals surface area contributed by atoms with Crippen LogP contribution in [-0.2, 0) is 23.7 Å². The van der Waals surface area contributed by atoms with Gasteiger partial charge in [0.2, 0.25) is 0 Å². The van der Waals surface area contributed by atoms with Crippen molar-refractivity contribution in [2.45, 2.75) is 6.10 Å². The third-order valence-corrected chi connectivity index (χ3v) is 1.76. The van der Waals surface area contributed by atoms with E-state index in [4.69, 9.17) is 24.6 Å². The summed E-state index contributed by atoms with van der Waals surface area (Å²) in [7, 11) is -7.80. The molecule has 0 heterocycles. The lowest BCUT2D eigenvalue weighted by Gasteiger charge is -2.07. The summed E-state index contributed by atoms with van der Waals surface area (Å²) in [5.41, 5.74) is 0. The molecule has 16 heavy (non-hydrogen) atoms. The average Bonchev–Trinajstić information content (AvgIpc) is 2.13. The van der Waals surface area contributed by atoms with Crippen molar-refractivity contribution >= 4 is 18.2 Å². The number of hydrogen-bond donors (Lipinski definition) is 5. The van der Waals surface area contributed by atoms with E-state index >= 15 is 0 Å². The van der Waals surface area contributed by atoms with Crippen molar-refractivity contribution in [3.8, 4) is 0 Å². The Morgan fingerprint density at radius 3 is 1.94 bits per heavy atom. The normalized spacial score (nSPS) is 13.9. The Balaban J connectivity index is 0. The van der Waals surface area contributed by atoms with E-state index in [0.29, 0.717) is 0 Å². The molecule has 0 aromatic rings. The van der Waals surface area contributed by atoms with Crippen LogP contribution in [0, 0.1) is 0 Å². The smallest absolute Gasteiger partial charge is 0.394 e. The summed E-state index contributed by atoms with van der Waals surface area (Å²) in [6, 6.07) is 0. The van der Waals surface area contributed by atoms with Gasteiger partial charge in [-0.2, -0.15) is 8.42 Å². The number of phosphoric acid groups is 1. The molecule has 1 atom stereocenters. The molecular weight excluding hydrogens is 271 g/mol. The zero-order chi connectivity index (χ0) is 13.4. The second-order valence-electron chi connectivity index (χ2n) is 2.22. The highest BCUT2D eigenvalue weighted by Crippen LogP contribution is 2.35. The van der Waals surface area contributed by atoms with Crippen molar-refractivity contribution in [3.63, 3.8) is 0 Å². The van der Waals surface area contributed by atoms with E-state index < -0.39 is 37.5 Å². The molecule has 1 unspecified atom stereocenters. The first-order valence-corrected chi connectivity index (χ1v) is 6.43. The van der Waals surface area contributed by atoms with E-state index in [9.17, 15) is 13.0 Å². The molecule has 5 N–H and O–H groups in total. The molecule has 0 aromatic heterocycles. The van der Waals surface area contributed by atoms with Gasteiger partial charge in [0.15, 0.2) is 0 Å². The van der Waals surface area contributed by atoms with Gasteiger partial charge in [-0.15, -0.1) is 0 Å². The summed E-state index contributed by atoms with van der Waals surface area (Å²) in [6.45, 7) is -1.15. The second-order valence-corrected chi connectivity index (χ2v) is 4.65. The lowest BCUT2D eigenvalue weighted by atomic mass is 10.4. The summed E-state index contributed by atoms with van der Waals surface area (Å²) < 4.78 is 43.5. The highest BCUT2D eigenvalue weighted by Gasteiger charge is 2.15. The quantitative estimate of drug-likeness (QED) is 0.278. The van der Waals surface area contributed by atoms with Crippen molar-refractivity contribution in [2.24, 2.45) is 0 Å². The number of hydrogen-bond acceptors (Lipinski definition) is 7. The summed E-state index contributed by atoms with van der Waals surface area (Å²) in [5.74, 6) is 0. The highest BCUT2D eigenvalue weighted by molar-refractivity contribution is 7.80. The average molecular weight is 284 g/mol. The molecule has 0 radical (unpaired) electrons. The third-order valence-electron chi connectivity index (χ3n) is 0.856. The van der Waals surface area contributed by atoms with Gasteiger partial charge in [0.1, 0.15) is 6.10 Å². The van der Waals surface area contributed by atoms with Gasteiger partial charge < -0.3 is 20.0 Å². The fourth-order valence-corrected chi connectivity index (χ4v) is 0.602. The molecule has 0 saturated carbocycles. The summed E-state index contributed by atoms with van der Waals surface area (Å²) in [6.07, 6.45) is -1.24. The fourth-order valence-electron chi connectivity index (χ4n) is 0.236. The molecular formula is C4H13O10PS. The minimum absolute atomic E-state index is 0.569. The Hall–Kier alpha value is -0.100. The predicted molar refractivity (Wildman–Crippen MR) is 49.6 cm³/mol. The van der Waals surface area contributed by atoms with Crippen molar-refractivity contribution < 1.29 is 46.2 Å². The van der Waals surface area contributed by atoms with Crippen molar-refractivity contribution in [1.29, 1.82) is 0 Å². The maximum absolute atomic E-state index is 9.93. The second kappa shape index (κ2) is 8.06. The van der Waals surface area contributed by atoms with Gasteiger partial charge in [-0.3, -0.25) is 13.3 Å². The number of phosphoric ester groups is 1. The first-order chi connectivity index (χ1) is 7.02. The first-order valence-electron chi connectivity index (χ1n) is 3.54. The maximum atomic E-state index is 9.93. The van der Waals surface area contributed by atoms with Gasteiger partial charge in [0.25, 0.3) is 0 Å². The molecule has 0 bridgehead atoms. The summed E-state index contributed by atoms with van der Waals surface area (Å²) >= 11 is 0. The van der Waals surface area contributed by atoms with Crippen LogP contribution in [0.3, 0.4) is 0 Å². The highest BCUT2D eigenvalue weighted by atomic mass is 32.3. The molecule has 0 aliphatic rings. The van der Waals surface area contributed by atoms with Gasteiger partial charge in [-0.05, 0) is 0 Å². The molecule has 100 valence electrons. The van der Waals surface area contributed by atoms with Crippen LogP contribution in [0.15, 0.2) is 0 Å². The van der Waals surface area contributed by atoms with Gasteiger partial charge in [-0.1, -0.05) is 0 Å². The third kappa shape index (κ3) is 19.5. The Bertz CT molecular complexity index is 305. The summed E-state index contributed by atoms with van der Waals surface area (Å²) in [5, 5.41) is 16.7. The van der Waals surface area contributed by atoms with E-state index in [0.717, 1.165) is 7.11 Å². The Kier molecular flexibility index (Phi) is 9.20. The predicted octanol–water partition coefficient (Wildman–Crippen LogP) is -2.12. The maximum Gasteiger partial charge on any atom is 0.469 e. The van der Waals surface area contributed by atoms with Crippen LogP contribution >= 0.6 is 7.82 Å². The minimum Gasteiger partial charge on any atom is -0.394 e. The SMILES string of the molecule is COS(=O)(=O)O.O=P(O)(O)OCC(O)CO. The first kappa shape index (κ1) is 18.3. The van der Waals surface area contributed by atoms with Crippen molar-refractivity contribution in [1.82, 2.24) is 0 Å². The molecule has 0 aromatic carbocycles. The van der Waals surface area contributed by atoms with Crippen LogP contribution in [0.5, 0.6) is 0 Å². The lowest BCUT2D eigenvalue weighted by Crippen LogP contribution is -2.18. The van der Waals surface area contributed by atoms with E-state index in [-0.39, 0.29) is 0 Å². The van der Waals surface area contributed by atoms with Gasteiger partial charge in [0, 0.05) is 0 Å². The number of aliphatic hydroxyl groups is 2. The van der Waals surface area contributed by atoms with E-state index in [1.807, 2.05) is 0 Å². The molecule has 10 nitrogen and oxygen atoms in total. The minimum atomic E-state index is -4.50. The zero-order valence-corrected chi connectivity index (χ0v) is 9.84.